The number of carbonyl (C=O) groups excluding carboxylic acids is 1. The van der Waals surface area contributed by atoms with Crippen molar-refractivity contribution in [3.05, 3.63) is 45.7 Å². The molecule has 0 bridgehead atoms. The van der Waals surface area contributed by atoms with Gasteiger partial charge in [0, 0.05) is 16.8 Å². The number of aromatic nitrogens is 2. The average Bonchev–Trinajstić information content (AvgIpc) is 2.49. The Bertz CT molecular complexity index is 721. The number of anilines is 2. The molecule has 122 valence electrons. The standard InChI is InChI=1S/C16H18Cl2N4O/c1-4-9(2)19-15(23)14-7-10(3)20-16(22-14)21-13-6-5-11(17)8-12(13)18/h5-9H,4H2,1-3H3,(H,19,23)(H,20,21,22). The Balaban J connectivity index is 2.24. The summed E-state index contributed by atoms with van der Waals surface area (Å²) in [5.41, 5.74) is 1.61. The molecule has 2 aromatic rings. The van der Waals surface area contributed by atoms with Crippen molar-refractivity contribution in [1.29, 1.82) is 0 Å². The summed E-state index contributed by atoms with van der Waals surface area (Å²) in [6.07, 6.45) is 0.849. The summed E-state index contributed by atoms with van der Waals surface area (Å²) in [6, 6.07) is 6.79. The van der Waals surface area contributed by atoms with Gasteiger partial charge in [-0.3, -0.25) is 4.79 Å². The average molecular weight is 353 g/mol. The van der Waals surface area contributed by atoms with Gasteiger partial charge in [-0.1, -0.05) is 30.1 Å². The van der Waals surface area contributed by atoms with Crippen LogP contribution in [-0.2, 0) is 0 Å². The second-order valence-electron chi connectivity index (χ2n) is 5.25. The first-order chi connectivity index (χ1) is 10.9. The number of nitrogens with zero attached hydrogens (tertiary/aromatic N) is 2. The minimum atomic E-state index is -0.227. The van der Waals surface area contributed by atoms with E-state index >= 15 is 0 Å². The zero-order chi connectivity index (χ0) is 17.0. The molecular weight excluding hydrogens is 335 g/mol. The maximum atomic E-state index is 12.2. The van der Waals surface area contributed by atoms with E-state index < -0.39 is 0 Å². The van der Waals surface area contributed by atoms with Crippen LogP contribution in [0.3, 0.4) is 0 Å². The summed E-state index contributed by atoms with van der Waals surface area (Å²) in [5, 5.41) is 6.89. The molecule has 1 aromatic carbocycles. The number of hydrogen-bond acceptors (Lipinski definition) is 4. The smallest absolute Gasteiger partial charge is 0.270 e. The predicted molar refractivity (Wildman–Crippen MR) is 93.7 cm³/mol. The predicted octanol–water partition coefficient (Wildman–Crippen LogP) is 4.36. The van der Waals surface area contributed by atoms with Crippen LogP contribution in [-0.4, -0.2) is 21.9 Å². The van der Waals surface area contributed by atoms with Crippen LogP contribution in [0.4, 0.5) is 11.6 Å². The second-order valence-corrected chi connectivity index (χ2v) is 6.09. The Morgan fingerprint density at radius 2 is 2.00 bits per heavy atom. The lowest BCUT2D eigenvalue weighted by Gasteiger charge is -2.12. The highest BCUT2D eigenvalue weighted by Gasteiger charge is 2.13. The molecule has 1 atom stereocenters. The molecule has 0 aliphatic rings. The highest BCUT2D eigenvalue weighted by atomic mass is 35.5. The van der Waals surface area contributed by atoms with Gasteiger partial charge in [0.2, 0.25) is 5.95 Å². The molecule has 1 unspecified atom stereocenters. The van der Waals surface area contributed by atoms with Crippen LogP contribution in [0.1, 0.15) is 36.5 Å². The fraction of sp³-hybridized carbons (Fsp3) is 0.312. The van der Waals surface area contributed by atoms with Gasteiger partial charge >= 0.3 is 0 Å². The zero-order valence-electron chi connectivity index (χ0n) is 13.2. The van der Waals surface area contributed by atoms with Crippen LogP contribution in [0.15, 0.2) is 24.3 Å². The molecule has 2 rings (SSSR count). The minimum Gasteiger partial charge on any atom is -0.348 e. The Labute approximate surface area is 145 Å². The van der Waals surface area contributed by atoms with Crippen LogP contribution in [0.25, 0.3) is 0 Å². The monoisotopic (exact) mass is 352 g/mol. The highest BCUT2D eigenvalue weighted by molar-refractivity contribution is 6.36. The molecule has 7 heteroatoms. The summed E-state index contributed by atoms with van der Waals surface area (Å²) >= 11 is 12.0. The topological polar surface area (TPSA) is 66.9 Å². The molecule has 0 radical (unpaired) electrons. The number of halogens is 2. The van der Waals surface area contributed by atoms with Crippen molar-refractivity contribution in [2.24, 2.45) is 0 Å². The van der Waals surface area contributed by atoms with E-state index in [9.17, 15) is 4.79 Å². The van der Waals surface area contributed by atoms with E-state index in [4.69, 9.17) is 23.2 Å². The number of nitrogens with one attached hydrogen (secondary N) is 2. The fourth-order valence-electron chi connectivity index (χ4n) is 1.85. The van der Waals surface area contributed by atoms with E-state index in [0.29, 0.717) is 33.1 Å². The second kappa shape index (κ2) is 7.62. The lowest BCUT2D eigenvalue weighted by atomic mass is 10.2. The number of aryl methyl sites for hydroxylation is 1. The summed E-state index contributed by atoms with van der Waals surface area (Å²) in [4.78, 5) is 20.7. The summed E-state index contributed by atoms with van der Waals surface area (Å²) < 4.78 is 0. The van der Waals surface area contributed by atoms with Gasteiger partial charge in [-0.2, -0.15) is 0 Å². The molecule has 1 heterocycles. The van der Waals surface area contributed by atoms with Crippen molar-refractivity contribution in [2.75, 3.05) is 5.32 Å². The minimum absolute atomic E-state index is 0.0832. The molecule has 0 spiro atoms. The molecule has 0 saturated carbocycles. The molecule has 5 nitrogen and oxygen atoms in total. The molecule has 1 aromatic heterocycles. The third kappa shape index (κ3) is 4.81. The SMILES string of the molecule is CCC(C)NC(=O)c1cc(C)nc(Nc2ccc(Cl)cc2Cl)n1. The molecule has 1 amide bonds. The van der Waals surface area contributed by atoms with Gasteiger partial charge in [-0.05, 0) is 44.5 Å². The molecule has 0 saturated heterocycles. The quantitative estimate of drug-likeness (QED) is 0.838. The van der Waals surface area contributed by atoms with Gasteiger partial charge in [-0.15, -0.1) is 0 Å². The van der Waals surface area contributed by atoms with Gasteiger partial charge in [0.25, 0.3) is 5.91 Å². The van der Waals surface area contributed by atoms with E-state index in [-0.39, 0.29) is 11.9 Å². The maximum absolute atomic E-state index is 12.2. The zero-order valence-corrected chi connectivity index (χ0v) is 14.7. The Kier molecular flexibility index (Phi) is 5.80. The van der Waals surface area contributed by atoms with Crippen molar-refractivity contribution < 1.29 is 4.79 Å². The molecule has 23 heavy (non-hydrogen) atoms. The van der Waals surface area contributed by atoms with E-state index in [2.05, 4.69) is 20.6 Å². The lowest BCUT2D eigenvalue weighted by molar-refractivity contribution is 0.0934. The van der Waals surface area contributed by atoms with Crippen molar-refractivity contribution in [1.82, 2.24) is 15.3 Å². The van der Waals surface area contributed by atoms with Crippen LogP contribution in [0, 0.1) is 6.92 Å². The number of rotatable bonds is 5. The fourth-order valence-corrected chi connectivity index (χ4v) is 2.31. The summed E-state index contributed by atoms with van der Waals surface area (Å²) in [7, 11) is 0. The molecule has 2 N–H and O–H groups in total. The van der Waals surface area contributed by atoms with E-state index in [0.717, 1.165) is 6.42 Å². The first-order valence-electron chi connectivity index (χ1n) is 7.27. The third-order valence-electron chi connectivity index (χ3n) is 3.25. The van der Waals surface area contributed by atoms with Gasteiger partial charge in [-0.25, -0.2) is 9.97 Å². The number of amides is 1. The highest BCUT2D eigenvalue weighted by Crippen LogP contribution is 2.27. The van der Waals surface area contributed by atoms with Crippen LogP contribution < -0.4 is 10.6 Å². The normalized spacial score (nSPS) is 11.9. The maximum Gasteiger partial charge on any atom is 0.270 e. The molecule has 0 aliphatic carbocycles. The van der Waals surface area contributed by atoms with Crippen molar-refractivity contribution in [3.8, 4) is 0 Å². The van der Waals surface area contributed by atoms with Gasteiger partial charge < -0.3 is 10.6 Å². The molecular formula is C16H18Cl2N4O. The Hall–Kier alpha value is -1.85. The number of carbonyl (C=O) groups is 1. The van der Waals surface area contributed by atoms with Crippen molar-refractivity contribution >= 4 is 40.7 Å². The first-order valence-corrected chi connectivity index (χ1v) is 8.03. The van der Waals surface area contributed by atoms with Gasteiger partial charge in [0.1, 0.15) is 5.69 Å². The van der Waals surface area contributed by atoms with Gasteiger partial charge in [0.15, 0.2) is 0 Å². The van der Waals surface area contributed by atoms with Gasteiger partial charge in [0.05, 0.1) is 10.7 Å². The lowest BCUT2D eigenvalue weighted by Crippen LogP contribution is -2.32. The largest absolute Gasteiger partial charge is 0.348 e. The van der Waals surface area contributed by atoms with E-state index in [1.807, 2.05) is 13.8 Å². The first kappa shape index (κ1) is 17.5. The molecule has 0 aliphatic heterocycles. The Morgan fingerprint density at radius 1 is 1.26 bits per heavy atom. The summed E-state index contributed by atoms with van der Waals surface area (Å²) in [5.74, 6) is 0.0821. The van der Waals surface area contributed by atoms with Crippen molar-refractivity contribution in [2.45, 2.75) is 33.2 Å². The van der Waals surface area contributed by atoms with Crippen LogP contribution in [0.2, 0.25) is 10.0 Å². The summed E-state index contributed by atoms with van der Waals surface area (Å²) in [6.45, 7) is 5.75. The van der Waals surface area contributed by atoms with Crippen LogP contribution >= 0.6 is 23.2 Å². The number of hydrogen-bond donors (Lipinski definition) is 2. The molecule has 0 fully saturated rings. The van der Waals surface area contributed by atoms with E-state index in [1.165, 1.54) is 0 Å². The third-order valence-corrected chi connectivity index (χ3v) is 3.80. The Morgan fingerprint density at radius 3 is 2.65 bits per heavy atom. The van der Waals surface area contributed by atoms with Crippen LogP contribution in [0.5, 0.6) is 0 Å². The van der Waals surface area contributed by atoms with Crippen molar-refractivity contribution in [3.63, 3.8) is 0 Å². The number of benzene rings is 1. The van der Waals surface area contributed by atoms with E-state index in [1.54, 1.807) is 31.2 Å².